The van der Waals surface area contributed by atoms with Crippen LogP contribution in [-0.4, -0.2) is 47.3 Å². The number of hydrogen-bond acceptors (Lipinski definition) is 3. The predicted octanol–water partition coefficient (Wildman–Crippen LogP) is 5.57. The van der Waals surface area contributed by atoms with E-state index in [2.05, 4.69) is 11.8 Å². The summed E-state index contributed by atoms with van der Waals surface area (Å²) in [7, 11) is 0. The van der Waals surface area contributed by atoms with Crippen LogP contribution in [-0.2, 0) is 27.0 Å². The average molecular weight is 551 g/mol. The van der Waals surface area contributed by atoms with Crippen LogP contribution in [0.5, 0.6) is 0 Å². The van der Waals surface area contributed by atoms with Gasteiger partial charge in [0.05, 0.1) is 15.5 Å². The Hall–Kier alpha value is -2.86. The Morgan fingerprint density at radius 3 is 2.29 bits per heavy atom. The van der Waals surface area contributed by atoms with Gasteiger partial charge in [0.25, 0.3) is 0 Å². The maximum absolute atomic E-state index is 13.7. The Morgan fingerprint density at radius 2 is 1.66 bits per heavy atom. The molecule has 2 amide bonds. The number of likely N-dealkylation sites (tertiary alicyclic amines) is 2. The van der Waals surface area contributed by atoms with Crippen LogP contribution in [0.2, 0.25) is 10.0 Å². The summed E-state index contributed by atoms with van der Waals surface area (Å²) < 4.78 is 0. The maximum Gasteiger partial charge on any atom is 0.228 e. The third-order valence-electron chi connectivity index (χ3n) is 8.65. The van der Waals surface area contributed by atoms with E-state index in [1.165, 1.54) is 0 Å². The topological polar surface area (TPSA) is 66.6 Å². The fourth-order valence-electron chi connectivity index (χ4n) is 6.59. The molecular weight excluding hydrogens is 517 g/mol. The van der Waals surface area contributed by atoms with E-state index in [0.717, 1.165) is 23.2 Å². The number of rotatable bonds is 7. The van der Waals surface area contributed by atoms with E-state index < -0.39 is 10.8 Å². The van der Waals surface area contributed by atoms with Crippen LogP contribution in [0.15, 0.2) is 78.9 Å². The minimum Gasteiger partial charge on any atom is -0.369 e. The molecule has 0 spiro atoms. The molecule has 0 aromatic heterocycles. The predicted molar refractivity (Wildman–Crippen MR) is 152 cm³/mol. The highest BCUT2D eigenvalue weighted by Gasteiger charge is 2.56. The number of halogens is 2. The van der Waals surface area contributed by atoms with Gasteiger partial charge in [-0.1, -0.05) is 96.9 Å². The Morgan fingerprint density at radius 1 is 0.974 bits per heavy atom. The van der Waals surface area contributed by atoms with Gasteiger partial charge in [-0.15, -0.1) is 0 Å². The van der Waals surface area contributed by atoms with Crippen molar-refractivity contribution in [3.05, 3.63) is 106 Å². The fourth-order valence-corrected chi connectivity index (χ4v) is 6.89. The van der Waals surface area contributed by atoms with Gasteiger partial charge in [0.15, 0.2) is 0 Å². The number of carbonyl (C=O) groups is 2. The molecule has 5 nitrogen and oxygen atoms in total. The van der Waals surface area contributed by atoms with Crippen molar-refractivity contribution in [2.75, 3.05) is 19.6 Å². The SMILES string of the molecule is CCN1CCC(C(N)=O)(c2ccccc2)CC1C1(c2ccc(Cl)c(Cl)c2)CC(=O)N(Cc2ccccc2)C1. The Kier molecular flexibility index (Phi) is 7.54. The molecule has 0 bridgehead atoms. The van der Waals surface area contributed by atoms with E-state index in [1.807, 2.05) is 83.8 Å². The summed E-state index contributed by atoms with van der Waals surface area (Å²) >= 11 is 12.9. The summed E-state index contributed by atoms with van der Waals surface area (Å²) in [5.74, 6) is -0.231. The summed E-state index contributed by atoms with van der Waals surface area (Å²) in [4.78, 5) is 31.3. The van der Waals surface area contributed by atoms with Gasteiger partial charge in [0.1, 0.15) is 0 Å². The number of carbonyl (C=O) groups excluding carboxylic acids is 2. The number of benzene rings is 3. The summed E-state index contributed by atoms with van der Waals surface area (Å²) in [6.45, 7) is 4.68. The molecule has 5 rings (SSSR count). The molecule has 0 saturated carbocycles. The van der Waals surface area contributed by atoms with E-state index in [0.29, 0.717) is 48.9 Å². The highest BCUT2D eigenvalue weighted by molar-refractivity contribution is 6.42. The molecular formula is C31H33Cl2N3O2. The number of nitrogens with two attached hydrogens (primary N) is 1. The lowest BCUT2D eigenvalue weighted by Crippen LogP contribution is -2.61. The number of primary amides is 1. The molecule has 0 radical (unpaired) electrons. The molecule has 2 N–H and O–H groups in total. The van der Waals surface area contributed by atoms with Crippen molar-refractivity contribution < 1.29 is 9.59 Å². The van der Waals surface area contributed by atoms with Crippen LogP contribution in [0.4, 0.5) is 0 Å². The molecule has 2 heterocycles. The molecule has 2 fully saturated rings. The van der Waals surface area contributed by atoms with E-state index in [1.54, 1.807) is 0 Å². The average Bonchev–Trinajstić information content (AvgIpc) is 3.27. The largest absolute Gasteiger partial charge is 0.369 e. The third kappa shape index (κ3) is 4.72. The summed E-state index contributed by atoms with van der Waals surface area (Å²) in [5, 5.41) is 0.934. The zero-order chi connectivity index (χ0) is 26.9. The van der Waals surface area contributed by atoms with Gasteiger partial charge in [-0.2, -0.15) is 0 Å². The molecule has 3 unspecified atom stereocenters. The molecule has 7 heteroatoms. The van der Waals surface area contributed by atoms with Crippen LogP contribution in [0.1, 0.15) is 42.9 Å². The minimum atomic E-state index is -0.823. The second-order valence-electron chi connectivity index (χ2n) is 10.6. The Labute approximate surface area is 234 Å². The normalized spacial score (nSPS) is 26.0. The van der Waals surface area contributed by atoms with E-state index in [9.17, 15) is 9.59 Å². The van der Waals surface area contributed by atoms with Crippen molar-refractivity contribution in [3.8, 4) is 0 Å². The van der Waals surface area contributed by atoms with Crippen LogP contribution < -0.4 is 5.73 Å². The molecule has 2 saturated heterocycles. The van der Waals surface area contributed by atoms with Gasteiger partial charge < -0.3 is 10.6 Å². The smallest absolute Gasteiger partial charge is 0.228 e. The number of hydrogen-bond donors (Lipinski definition) is 1. The second kappa shape index (κ2) is 10.7. The van der Waals surface area contributed by atoms with Gasteiger partial charge in [0, 0.05) is 31.0 Å². The monoisotopic (exact) mass is 549 g/mol. The maximum atomic E-state index is 13.7. The van der Waals surface area contributed by atoms with E-state index in [4.69, 9.17) is 28.9 Å². The number of piperidine rings is 1. The first-order valence-electron chi connectivity index (χ1n) is 13.2. The highest BCUT2D eigenvalue weighted by atomic mass is 35.5. The molecule has 2 aliphatic heterocycles. The first-order chi connectivity index (χ1) is 18.3. The summed E-state index contributed by atoms with van der Waals surface area (Å²) in [5.41, 5.74) is 7.76. The van der Waals surface area contributed by atoms with Gasteiger partial charge in [-0.25, -0.2) is 0 Å². The van der Waals surface area contributed by atoms with Crippen molar-refractivity contribution in [3.63, 3.8) is 0 Å². The lowest BCUT2D eigenvalue weighted by atomic mass is 9.61. The van der Waals surface area contributed by atoms with Crippen LogP contribution in [0.3, 0.4) is 0 Å². The third-order valence-corrected chi connectivity index (χ3v) is 9.39. The highest BCUT2D eigenvalue weighted by Crippen LogP contribution is 2.49. The zero-order valence-electron chi connectivity index (χ0n) is 21.6. The first kappa shape index (κ1) is 26.7. The van der Waals surface area contributed by atoms with E-state index >= 15 is 0 Å². The lowest BCUT2D eigenvalue weighted by molar-refractivity contribution is -0.128. The van der Waals surface area contributed by atoms with Gasteiger partial charge in [-0.05, 0) is 54.8 Å². The quantitative estimate of drug-likeness (QED) is 0.418. The van der Waals surface area contributed by atoms with Crippen molar-refractivity contribution in [2.24, 2.45) is 5.73 Å². The zero-order valence-corrected chi connectivity index (χ0v) is 23.1. The summed E-state index contributed by atoms with van der Waals surface area (Å²) in [6, 6.07) is 25.5. The second-order valence-corrected chi connectivity index (χ2v) is 11.4. The molecule has 2 aliphatic rings. The van der Waals surface area contributed by atoms with Crippen molar-refractivity contribution in [1.29, 1.82) is 0 Å². The first-order valence-corrected chi connectivity index (χ1v) is 13.9. The molecule has 0 aliphatic carbocycles. The van der Waals surface area contributed by atoms with E-state index in [-0.39, 0.29) is 17.9 Å². The van der Waals surface area contributed by atoms with Gasteiger partial charge in [0.2, 0.25) is 11.8 Å². The number of amides is 2. The lowest BCUT2D eigenvalue weighted by Gasteiger charge is -2.52. The van der Waals surface area contributed by atoms with Gasteiger partial charge in [-0.3, -0.25) is 14.5 Å². The molecule has 3 aromatic rings. The summed E-state index contributed by atoms with van der Waals surface area (Å²) in [6.07, 6.45) is 1.48. The molecule has 3 atom stereocenters. The standard InChI is InChI=1S/C31H33Cl2N3O2/c1-2-35-16-15-30(29(34)38,23-11-7-4-8-12-23)18-27(35)31(24-13-14-25(32)26(33)17-24)19-28(37)36(21-31)20-22-9-5-3-6-10-22/h3-14,17,27H,2,15-16,18-21H2,1H3,(H2,34,38). The number of likely N-dealkylation sites (N-methyl/N-ethyl adjacent to an activating group) is 1. The van der Waals surface area contributed by atoms with Crippen LogP contribution in [0.25, 0.3) is 0 Å². The van der Waals surface area contributed by atoms with Crippen LogP contribution >= 0.6 is 23.2 Å². The number of nitrogens with zero attached hydrogens (tertiary/aromatic N) is 2. The van der Waals surface area contributed by atoms with Gasteiger partial charge >= 0.3 is 0 Å². The molecule has 38 heavy (non-hydrogen) atoms. The van der Waals surface area contributed by atoms with Crippen molar-refractivity contribution in [2.45, 2.75) is 49.6 Å². The van der Waals surface area contributed by atoms with Crippen molar-refractivity contribution in [1.82, 2.24) is 9.80 Å². The fraction of sp³-hybridized carbons (Fsp3) is 0.355. The van der Waals surface area contributed by atoms with Crippen molar-refractivity contribution >= 4 is 35.0 Å². The molecule has 3 aromatic carbocycles. The molecule has 198 valence electrons. The minimum absolute atomic E-state index is 0.0888. The van der Waals surface area contributed by atoms with Crippen LogP contribution in [0, 0.1) is 0 Å². The Balaban J connectivity index is 1.62. The Bertz CT molecular complexity index is 1320.